The van der Waals surface area contributed by atoms with Crippen molar-refractivity contribution < 1.29 is 27.6 Å². The van der Waals surface area contributed by atoms with Gasteiger partial charge in [0.05, 0.1) is 35.1 Å². The molecular formula is C28H23F3N6O3. The number of urea groups is 1. The summed E-state index contributed by atoms with van der Waals surface area (Å²) in [5.41, 5.74) is 0.400. The molecule has 0 spiro atoms. The molecule has 1 aliphatic rings. The molecule has 12 heteroatoms. The number of allylic oxidation sites excluding steroid dienone is 1. The van der Waals surface area contributed by atoms with Gasteiger partial charge >= 0.3 is 12.2 Å². The van der Waals surface area contributed by atoms with Crippen molar-refractivity contribution in [2.75, 3.05) is 11.9 Å². The van der Waals surface area contributed by atoms with Crippen molar-refractivity contribution in [3.05, 3.63) is 100 Å². The van der Waals surface area contributed by atoms with Crippen molar-refractivity contribution in [3.8, 4) is 6.07 Å². The second-order valence-electron chi connectivity index (χ2n) is 9.08. The molecule has 0 aliphatic carbocycles. The summed E-state index contributed by atoms with van der Waals surface area (Å²) in [4.78, 5) is 42.2. The molecule has 2 heterocycles. The molecule has 4 rings (SSSR count). The molecule has 1 aliphatic heterocycles. The number of aromatic nitrogens is 2. The fourth-order valence-corrected chi connectivity index (χ4v) is 4.62. The third-order valence-corrected chi connectivity index (χ3v) is 6.51. The van der Waals surface area contributed by atoms with Gasteiger partial charge in [0, 0.05) is 36.6 Å². The molecule has 1 N–H and O–H groups in total. The third-order valence-electron chi connectivity index (χ3n) is 6.51. The molecule has 40 heavy (non-hydrogen) atoms. The lowest BCUT2D eigenvalue weighted by Gasteiger charge is -2.41. The summed E-state index contributed by atoms with van der Waals surface area (Å²) in [5, 5.41) is 19.7. The van der Waals surface area contributed by atoms with Gasteiger partial charge in [-0.3, -0.25) is 14.5 Å². The Morgan fingerprint density at radius 3 is 2.50 bits per heavy atom. The van der Waals surface area contributed by atoms with E-state index in [1.54, 1.807) is 6.07 Å². The second-order valence-corrected chi connectivity index (χ2v) is 9.08. The minimum absolute atomic E-state index is 0.0600. The van der Waals surface area contributed by atoms with Gasteiger partial charge in [0.15, 0.2) is 5.78 Å². The molecule has 9 nitrogen and oxygen atoms in total. The van der Waals surface area contributed by atoms with Crippen molar-refractivity contribution >= 4 is 23.4 Å². The molecule has 0 saturated heterocycles. The van der Waals surface area contributed by atoms with E-state index in [2.05, 4.69) is 15.5 Å². The molecule has 1 aromatic heterocycles. The molecule has 1 atom stereocenters. The van der Waals surface area contributed by atoms with E-state index in [4.69, 9.17) is 0 Å². The van der Waals surface area contributed by atoms with Crippen LogP contribution in [0.2, 0.25) is 0 Å². The van der Waals surface area contributed by atoms with Crippen molar-refractivity contribution in [1.29, 1.82) is 5.26 Å². The Kier molecular flexibility index (Phi) is 7.68. The van der Waals surface area contributed by atoms with Crippen molar-refractivity contribution in [2.24, 2.45) is 0 Å². The lowest BCUT2D eigenvalue weighted by atomic mass is 9.87. The average Bonchev–Trinajstić information content (AvgIpc) is 2.93. The Labute approximate surface area is 227 Å². The highest BCUT2D eigenvalue weighted by atomic mass is 19.4. The topological polar surface area (TPSA) is 119 Å². The Morgan fingerprint density at radius 2 is 1.88 bits per heavy atom. The van der Waals surface area contributed by atoms with Gasteiger partial charge in [0.1, 0.15) is 0 Å². The highest BCUT2D eigenvalue weighted by molar-refractivity contribution is 6.06. The largest absolute Gasteiger partial charge is 0.416 e. The first-order valence-corrected chi connectivity index (χ1v) is 12.0. The summed E-state index contributed by atoms with van der Waals surface area (Å²) in [6.07, 6.45) is -1.70. The molecule has 204 valence electrons. The summed E-state index contributed by atoms with van der Waals surface area (Å²) < 4.78 is 40.2. The molecule has 0 saturated carbocycles. The van der Waals surface area contributed by atoms with E-state index in [1.807, 2.05) is 6.07 Å². The van der Waals surface area contributed by atoms with E-state index in [0.717, 1.165) is 17.0 Å². The van der Waals surface area contributed by atoms with Crippen LogP contribution in [0.25, 0.3) is 0 Å². The SMILES string of the molecule is CC(=O)C1=C(C)N(c2cccc(C(F)(F)F)c2)C(=O)N(C)C1c1ccc(C#N)cc1C(=O)NCc1ccnnc1. The maximum absolute atomic E-state index is 13.6. The monoisotopic (exact) mass is 548 g/mol. The molecular weight excluding hydrogens is 525 g/mol. The third kappa shape index (κ3) is 5.40. The number of ketones is 1. The minimum atomic E-state index is -4.64. The van der Waals surface area contributed by atoms with Crippen LogP contribution in [0.5, 0.6) is 0 Å². The molecule has 3 aromatic rings. The van der Waals surface area contributed by atoms with Crippen molar-refractivity contribution in [1.82, 2.24) is 20.4 Å². The minimum Gasteiger partial charge on any atom is -0.348 e. The predicted octanol–water partition coefficient (Wildman–Crippen LogP) is 4.77. The van der Waals surface area contributed by atoms with E-state index < -0.39 is 35.5 Å². The van der Waals surface area contributed by atoms with Crippen LogP contribution in [0.15, 0.2) is 72.2 Å². The maximum Gasteiger partial charge on any atom is 0.416 e. The number of likely N-dealkylation sites (N-methyl/N-ethyl adjacent to an activating group) is 1. The van der Waals surface area contributed by atoms with Crippen molar-refractivity contribution in [3.63, 3.8) is 0 Å². The number of alkyl halides is 3. The van der Waals surface area contributed by atoms with Gasteiger partial charge in [-0.25, -0.2) is 4.79 Å². The Morgan fingerprint density at radius 1 is 1.12 bits per heavy atom. The number of carbonyl (C=O) groups excluding carboxylic acids is 3. The van der Waals surface area contributed by atoms with E-state index in [1.165, 1.54) is 68.5 Å². The summed E-state index contributed by atoms with van der Waals surface area (Å²) in [7, 11) is 1.39. The number of halogens is 3. The lowest BCUT2D eigenvalue weighted by Crippen LogP contribution is -2.49. The first kappa shape index (κ1) is 28.0. The van der Waals surface area contributed by atoms with Crippen LogP contribution in [0.1, 0.15) is 52.5 Å². The number of nitrogens with zero attached hydrogens (tertiary/aromatic N) is 5. The first-order chi connectivity index (χ1) is 18.9. The molecule has 0 bridgehead atoms. The molecule has 1 unspecified atom stereocenters. The Balaban J connectivity index is 1.82. The van der Waals surface area contributed by atoms with Gasteiger partial charge in [0.2, 0.25) is 0 Å². The Hall–Kier alpha value is -5.05. The van der Waals surface area contributed by atoms with Gasteiger partial charge in [-0.2, -0.15) is 28.6 Å². The number of nitriles is 1. The van der Waals surface area contributed by atoms with E-state index in [0.29, 0.717) is 5.56 Å². The van der Waals surface area contributed by atoms with Gasteiger partial charge in [-0.1, -0.05) is 12.1 Å². The fraction of sp³-hybridized carbons (Fsp3) is 0.214. The highest BCUT2D eigenvalue weighted by Gasteiger charge is 2.41. The maximum atomic E-state index is 13.6. The zero-order valence-corrected chi connectivity index (χ0v) is 21.7. The first-order valence-electron chi connectivity index (χ1n) is 12.0. The van der Waals surface area contributed by atoms with E-state index in [9.17, 15) is 32.8 Å². The van der Waals surface area contributed by atoms with Gasteiger partial charge < -0.3 is 10.2 Å². The summed E-state index contributed by atoms with van der Waals surface area (Å²) >= 11 is 0. The average molecular weight is 549 g/mol. The van der Waals surface area contributed by atoms with Crippen LogP contribution in [-0.2, 0) is 17.5 Å². The van der Waals surface area contributed by atoms with Gasteiger partial charge in [-0.15, -0.1) is 0 Å². The molecule has 3 amide bonds. The number of nitrogens with one attached hydrogen (secondary N) is 1. The fourth-order valence-electron chi connectivity index (χ4n) is 4.62. The number of carbonyl (C=O) groups is 3. The van der Waals surface area contributed by atoms with Crippen molar-refractivity contribution in [2.45, 2.75) is 32.6 Å². The standard InChI is InChI=1S/C28H23F3N6O3/c1-16-24(17(2)38)25(36(3)27(40)37(16)21-6-4-5-20(12-21)28(29,30)31)22-8-7-18(13-32)11-23(22)26(39)33-14-19-9-10-34-35-15-19/h4-12,15,25H,14H2,1-3H3,(H,33,39). The number of Topliss-reactive ketones (excluding diaryl/α,β-unsaturated/α-hetero) is 1. The van der Waals surface area contributed by atoms with Gasteiger partial charge in [-0.05, 0) is 61.4 Å². The zero-order valence-electron chi connectivity index (χ0n) is 21.7. The number of amides is 3. The predicted molar refractivity (Wildman–Crippen MR) is 138 cm³/mol. The normalized spacial score (nSPS) is 15.6. The van der Waals surface area contributed by atoms with Crippen LogP contribution in [0.4, 0.5) is 23.7 Å². The van der Waals surface area contributed by atoms with Crippen LogP contribution in [0, 0.1) is 11.3 Å². The number of anilines is 1. The highest BCUT2D eigenvalue weighted by Crippen LogP contribution is 2.41. The molecule has 0 fully saturated rings. The number of benzene rings is 2. The zero-order chi connectivity index (χ0) is 29.2. The Bertz CT molecular complexity index is 1560. The van der Waals surface area contributed by atoms with Crippen LogP contribution < -0.4 is 10.2 Å². The number of rotatable bonds is 6. The van der Waals surface area contributed by atoms with E-state index >= 15 is 0 Å². The quantitative estimate of drug-likeness (QED) is 0.474. The lowest BCUT2D eigenvalue weighted by molar-refractivity contribution is -0.137. The summed E-state index contributed by atoms with van der Waals surface area (Å²) in [5.74, 6) is -1.01. The van der Waals surface area contributed by atoms with Crippen LogP contribution in [0.3, 0.4) is 0 Å². The van der Waals surface area contributed by atoms with Gasteiger partial charge in [0.25, 0.3) is 5.91 Å². The summed E-state index contributed by atoms with van der Waals surface area (Å²) in [6, 6.07) is 10.4. The molecule has 2 aromatic carbocycles. The van der Waals surface area contributed by atoms with E-state index in [-0.39, 0.29) is 40.2 Å². The van der Waals surface area contributed by atoms with Crippen LogP contribution >= 0.6 is 0 Å². The number of hydrogen-bond donors (Lipinski definition) is 1. The van der Waals surface area contributed by atoms with Crippen LogP contribution in [-0.4, -0.2) is 39.9 Å². The second kappa shape index (κ2) is 11.0. The number of hydrogen-bond acceptors (Lipinski definition) is 6. The summed E-state index contributed by atoms with van der Waals surface area (Å²) in [6.45, 7) is 2.84. The molecule has 0 radical (unpaired) electrons. The smallest absolute Gasteiger partial charge is 0.348 e.